The Hall–Kier alpha value is -1.49. The van der Waals surface area contributed by atoms with E-state index in [-0.39, 0.29) is 11.8 Å². The summed E-state index contributed by atoms with van der Waals surface area (Å²) in [5.74, 6) is 0.847. The number of carbonyl (C=O) groups excluding carboxylic acids is 1. The maximum absolute atomic E-state index is 12.2. The van der Waals surface area contributed by atoms with Crippen LogP contribution in [-0.4, -0.2) is 35.5 Å². The van der Waals surface area contributed by atoms with Gasteiger partial charge in [0.15, 0.2) is 0 Å². The van der Waals surface area contributed by atoms with Gasteiger partial charge in [0.25, 0.3) is 5.91 Å². The van der Waals surface area contributed by atoms with Crippen LogP contribution < -0.4 is 10.6 Å². The van der Waals surface area contributed by atoms with Crippen molar-refractivity contribution < 1.29 is 4.79 Å². The third-order valence-electron chi connectivity index (χ3n) is 3.77. The van der Waals surface area contributed by atoms with Crippen molar-refractivity contribution in [2.24, 2.45) is 5.92 Å². The molecule has 20 heavy (non-hydrogen) atoms. The molecule has 2 rings (SSSR count). The van der Waals surface area contributed by atoms with Gasteiger partial charge in [-0.2, -0.15) is 0 Å². The van der Waals surface area contributed by atoms with Gasteiger partial charge in [-0.3, -0.25) is 4.79 Å². The van der Waals surface area contributed by atoms with E-state index in [0.717, 1.165) is 31.7 Å². The minimum atomic E-state index is -0.0573. The van der Waals surface area contributed by atoms with E-state index in [9.17, 15) is 4.79 Å². The van der Waals surface area contributed by atoms with Gasteiger partial charge in [0.2, 0.25) is 0 Å². The predicted octanol–water partition coefficient (Wildman–Crippen LogP) is 1.72. The van der Waals surface area contributed by atoms with Crippen molar-refractivity contribution in [2.45, 2.75) is 39.0 Å². The minimum absolute atomic E-state index is 0.0573. The lowest BCUT2D eigenvalue weighted by atomic mass is 9.96. The molecule has 1 aromatic rings. The minimum Gasteiger partial charge on any atom is -0.352 e. The van der Waals surface area contributed by atoms with Crippen molar-refractivity contribution in [3.63, 3.8) is 0 Å². The molecule has 0 bridgehead atoms. The third kappa shape index (κ3) is 4.00. The summed E-state index contributed by atoms with van der Waals surface area (Å²) in [6.07, 6.45) is 6.64. The first-order valence-electron chi connectivity index (χ1n) is 7.47. The molecule has 1 aliphatic rings. The SMILES string of the molecule is CC(C)c1ncncc1C(=O)NCCC1CCCNC1. The van der Waals surface area contributed by atoms with Gasteiger partial charge in [0, 0.05) is 12.7 Å². The topological polar surface area (TPSA) is 66.9 Å². The number of nitrogens with zero attached hydrogens (tertiary/aromatic N) is 2. The van der Waals surface area contributed by atoms with Crippen molar-refractivity contribution >= 4 is 5.91 Å². The molecule has 1 saturated heterocycles. The Morgan fingerprint density at radius 3 is 3.10 bits per heavy atom. The first kappa shape index (κ1) is 14.9. The van der Waals surface area contributed by atoms with Crippen molar-refractivity contribution in [1.82, 2.24) is 20.6 Å². The van der Waals surface area contributed by atoms with Crippen LogP contribution >= 0.6 is 0 Å². The molecular formula is C15H24N4O. The van der Waals surface area contributed by atoms with Crippen LogP contribution in [-0.2, 0) is 0 Å². The Morgan fingerprint density at radius 2 is 2.40 bits per heavy atom. The number of nitrogens with one attached hydrogen (secondary N) is 2. The van der Waals surface area contributed by atoms with E-state index in [2.05, 4.69) is 20.6 Å². The highest BCUT2D eigenvalue weighted by Gasteiger charge is 2.16. The Labute approximate surface area is 120 Å². The Balaban J connectivity index is 1.85. The van der Waals surface area contributed by atoms with Crippen LogP contribution in [0.1, 0.15) is 55.1 Å². The quantitative estimate of drug-likeness (QED) is 0.859. The number of piperidine rings is 1. The van der Waals surface area contributed by atoms with Crippen LogP contribution in [0.3, 0.4) is 0 Å². The molecule has 2 N–H and O–H groups in total. The Bertz CT molecular complexity index is 441. The highest BCUT2D eigenvalue weighted by atomic mass is 16.1. The molecule has 0 aromatic carbocycles. The monoisotopic (exact) mass is 276 g/mol. The fraction of sp³-hybridized carbons (Fsp3) is 0.667. The smallest absolute Gasteiger partial charge is 0.254 e. The van der Waals surface area contributed by atoms with E-state index < -0.39 is 0 Å². The van der Waals surface area contributed by atoms with Crippen LogP contribution in [0.4, 0.5) is 0 Å². The summed E-state index contributed by atoms with van der Waals surface area (Å²) < 4.78 is 0. The molecule has 0 spiro atoms. The number of carbonyl (C=O) groups is 1. The number of aromatic nitrogens is 2. The predicted molar refractivity (Wildman–Crippen MR) is 78.7 cm³/mol. The summed E-state index contributed by atoms with van der Waals surface area (Å²) in [5, 5.41) is 6.39. The van der Waals surface area contributed by atoms with Gasteiger partial charge in [-0.15, -0.1) is 0 Å². The van der Waals surface area contributed by atoms with Crippen molar-refractivity contribution in [2.75, 3.05) is 19.6 Å². The molecule has 110 valence electrons. The van der Waals surface area contributed by atoms with Crippen molar-refractivity contribution in [1.29, 1.82) is 0 Å². The van der Waals surface area contributed by atoms with E-state index in [1.54, 1.807) is 6.20 Å². The molecule has 2 heterocycles. The summed E-state index contributed by atoms with van der Waals surface area (Å²) in [7, 11) is 0. The molecule has 1 unspecified atom stereocenters. The zero-order valence-electron chi connectivity index (χ0n) is 12.4. The summed E-state index contributed by atoms with van der Waals surface area (Å²) in [5.41, 5.74) is 1.42. The van der Waals surface area contributed by atoms with Gasteiger partial charge in [0.1, 0.15) is 6.33 Å². The van der Waals surface area contributed by atoms with Crippen LogP contribution in [0.2, 0.25) is 0 Å². The van der Waals surface area contributed by atoms with E-state index in [1.165, 1.54) is 19.2 Å². The van der Waals surface area contributed by atoms with Crippen molar-refractivity contribution in [3.8, 4) is 0 Å². The average Bonchev–Trinajstić information content (AvgIpc) is 2.48. The summed E-state index contributed by atoms with van der Waals surface area (Å²) >= 11 is 0. The van der Waals surface area contributed by atoms with Gasteiger partial charge in [-0.1, -0.05) is 13.8 Å². The lowest BCUT2D eigenvalue weighted by molar-refractivity contribution is 0.0948. The maximum atomic E-state index is 12.2. The summed E-state index contributed by atoms with van der Waals surface area (Å²) in [4.78, 5) is 20.4. The molecule has 5 nitrogen and oxygen atoms in total. The van der Waals surface area contributed by atoms with Gasteiger partial charge in [-0.25, -0.2) is 9.97 Å². The van der Waals surface area contributed by atoms with Crippen LogP contribution in [0.25, 0.3) is 0 Å². The molecule has 1 aromatic heterocycles. The number of rotatable bonds is 5. The van der Waals surface area contributed by atoms with E-state index in [1.807, 2.05) is 13.8 Å². The lowest BCUT2D eigenvalue weighted by Crippen LogP contribution is -2.33. The third-order valence-corrected chi connectivity index (χ3v) is 3.77. The standard InChI is InChI=1S/C15H24N4O/c1-11(2)14-13(9-17-10-19-14)15(20)18-7-5-12-4-3-6-16-8-12/h9-12,16H,3-8H2,1-2H3,(H,18,20). The molecule has 5 heteroatoms. The zero-order valence-corrected chi connectivity index (χ0v) is 12.4. The first-order valence-corrected chi connectivity index (χ1v) is 7.47. The maximum Gasteiger partial charge on any atom is 0.254 e. The number of hydrogen-bond donors (Lipinski definition) is 2. The number of amides is 1. The van der Waals surface area contributed by atoms with Gasteiger partial charge < -0.3 is 10.6 Å². The highest BCUT2D eigenvalue weighted by molar-refractivity contribution is 5.95. The Kier molecular flexibility index (Phi) is 5.47. The van der Waals surface area contributed by atoms with Crippen LogP contribution in [0, 0.1) is 5.92 Å². The van der Waals surface area contributed by atoms with Gasteiger partial charge >= 0.3 is 0 Å². The molecule has 0 aliphatic carbocycles. The molecule has 1 aliphatic heterocycles. The molecule has 1 fully saturated rings. The second-order valence-electron chi connectivity index (χ2n) is 5.73. The second-order valence-corrected chi connectivity index (χ2v) is 5.73. The molecule has 1 amide bonds. The fourth-order valence-corrected chi connectivity index (χ4v) is 2.63. The molecule has 1 atom stereocenters. The second kappa shape index (κ2) is 7.33. The molecular weight excluding hydrogens is 252 g/mol. The zero-order chi connectivity index (χ0) is 14.4. The highest BCUT2D eigenvalue weighted by Crippen LogP contribution is 2.16. The summed E-state index contributed by atoms with van der Waals surface area (Å²) in [6, 6.07) is 0. The van der Waals surface area contributed by atoms with Crippen molar-refractivity contribution in [3.05, 3.63) is 23.8 Å². The molecule has 0 saturated carbocycles. The number of hydrogen-bond acceptors (Lipinski definition) is 4. The van der Waals surface area contributed by atoms with E-state index in [4.69, 9.17) is 0 Å². The average molecular weight is 276 g/mol. The normalized spacial score (nSPS) is 19.1. The van der Waals surface area contributed by atoms with Crippen LogP contribution in [0.15, 0.2) is 12.5 Å². The lowest BCUT2D eigenvalue weighted by Gasteiger charge is -2.22. The Morgan fingerprint density at radius 1 is 1.55 bits per heavy atom. The first-order chi connectivity index (χ1) is 9.68. The summed E-state index contributed by atoms with van der Waals surface area (Å²) in [6.45, 7) is 6.99. The largest absolute Gasteiger partial charge is 0.352 e. The van der Waals surface area contributed by atoms with Crippen LogP contribution in [0.5, 0.6) is 0 Å². The van der Waals surface area contributed by atoms with Gasteiger partial charge in [0.05, 0.1) is 11.3 Å². The van der Waals surface area contributed by atoms with E-state index in [0.29, 0.717) is 11.5 Å². The van der Waals surface area contributed by atoms with Gasteiger partial charge in [-0.05, 0) is 44.2 Å². The molecule has 0 radical (unpaired) electrons. The van der Waals surface area contributed by atoms with E-state index >= 15 is 0 Å². The fourth-order valence-electron chi connectivity index (χ4n) is 2.63.